The van der Waals surface area contributed by atoms with Crippen molar-refractivity contribution in [2.75, 3.05) is 11.9 Å². The van der Waals surface area contributed by atoms with Gasteiger partial charge in [-0.15, -0.1) is 0 Å². The first-order valence-corrected chi connectivity index (χ1v) is 7.67. The minimum atomic E-state index is -0.380. The first-order valence-electron chi connectivity index (χ1n) is 7.67. The molecular formula is C19H20N2O3. The number of aryl methyl sites for hydroxylation is 1. The van der Waals surface area contributed by atoms with Crippen LogP contribution in [0.1, 0.15) is 28.4 Å². The lowest BCUT2D eigenvalue weighted by Crippen LogP contribution is -2.23. The van der Waals surface area contributed by atoms with Crippen molar-refractivity contribution >= 4 is 23.8 Å². The van der Waals surface area contributed by atoms with Crippen LogP contribution in [0, 0.1) is 6.92 Å². The van der Waals surface area contributed by atoms with Crippen molar-refractivity contribution in [2.24, 2.45) is 0 Å². The molecule has 2 aromatic rings. The summed E-state index contributed by atoms with van der Waals surface area (Å²) in [6, 6.07) is 14.0. The molecule has 0 spiro atoms. The van der Waals surface area contributed by atoms with Crippen molar-refractivity contribution < 1.29 is 14.3 Å². The van der Waals surface area contributed by atoms with Crippen LogP contribution in [0.25, 0.3) is 6.08 Å². The quantitative estimate of drug-likeness (QED) is 0.818. The van der Waals surface area contributed by atoms with Crippen LogP contribution < -0.4 is 10.6 Å². The first-order chi connectivity index (χ1) is 11.6. The maximum absolute atomic E-state index is 11.8. The monoisotopic (exact) mass is 324 g/mol. The number of nitrogens with one attached hydrogen (secondary N) is 2. The number of rotatable bonds is 5. The molecule has 0 fully saturated rings. The van der Waals surface area contributed by atoms with Gasteiger partial charge in [-0.3, -0.25) is 0 Å². The number of benzene rings is 2. The fraction of sp³-hybridized carbons (Fsp3) is 0.158. The third kappa shape index (κ3) is 4.98. The Morgan fingerprint density at radius 3 is 2.46 bits per heavy atom. The summed E-state index contributed by atoms with van der Waals surface area (Å²) in [7, 11) is 0. The minimum absolute atomic E-state index is 0.328. The van der Waals surface area contributed by atoms with Crippen LogP contribution >= 0.6 is 0 Å². The van der Waals surface area contributed by atoms with Crippen molar-refractivity contribution in [1.82, 2.24) is 5.32 Å². The molecule has 0 unspecified atom stereocenters. The molecule has 0 radical (unpaired) electrons. The summed E-state index contributed by atoms with van der Waals surface area (Å²) in [5.74, 6) is -0.380. The average molecular weight is 324 g/mol. The van der Waals surface area contributed by atoms with Gasteiger partial charge in [-0.1, -0.05) is 24.3 Å². The van der Waals surface area contributed by atoms with E-state index in [4.69, 9.17) is 4.74 Å². The average Bonchev–Trinajstić information content (AvgIpc) is 2.57. The van der Waals surface area contributed by atoms with Gasteiger partial charge < -0.3 is 15.4 Å². The van der Waals surface area contributed by atoms with E-state index in [0.717, 1.165) is 11.1 Å². The Balaban J connectivity index is 1.88. The van der Waals surface area contributed by atoms with E-state index in [-0.39, 0.29) is 12.0 Å². The molecule has 0 heterocycles. The highest BCUT2D eigenvalue weighted by molar-refractivity contribution is 5.92. The maximum Gasteiger partial charge on any atom is 0.338 e. The Morgan fingerprint density at radius 1 is 1.08 bits per heavy atom. The van der Waals surface area contributed by atoms with E-state index >= 15 is 0 Å². The highest BCUT2D eigenvalue weighted by atomic mass is 16.5. The maximum atomic E-state index is 11.8. The van der Waals surface area contributed by atoms with Gasteiger partial charge in [0.2, 0.25) is 0 Å². The lowest BCUT2D eigenvalue weighted by Gasteiger charge is -2.06. The van der Waals surface area contributed by atoms with Gasteiger partial charge in [0.05, 0.1) is 12.2 Å². The van der Waals surface area contributed by atoms with Crippen LogP contribution in [0.5, 0.6) is 0 Å². The van der Waals surface area contributed by atoms with Gasteiger partial charge in [-0.05, 0) is 55.3 Å². The highest BCUT2D eigenvalue weighted by Crippen LogP contribution is 2.11. The number of hydrogen-bond donors (Lipinski definition) is 2. The molecule has 0 saturated heterocycles. The van der Waals surface area contributed by atoms with Gasteiger partial charge in [0, 0.05) is 11.9 Å². The number of ether oxygens (including phenoxy) is 1. The van der Waals surface area contributed by atoms with Crippen molar-refractivity contribution in [1.29, 1.82) is 0 Å². The van der Waals surface area contributed by atoms with E-state index in [1.165, 1.54) is 0 Å². The van der Waals surface area contributed by atoms with E-state index in [9.17, 15) is 9.59 Å². The fourth-order valence-corrected chi connectivity index (χ4v) is 2.05. The SMILES string of the molecule is CCOC(=O)c1ccc(NC(=O)N/C=C/c2ccccc2C)cc1. The van der Waals surface area contributed by atoms with Crippen molar-refractivity contribution in [3.8, 4) is 0 Å². The predicted molar refractivity (Wildman–Crippen MR) is 94.8 cm³/mol. The van der Waals surface area contributed by atoms with Gasteiger partial charge in [-0.25, -0.2) is 9.59 Å². The summed E-state index contributed by atoms with van der Waals surface area (Å²) in [6.07, 6.45) is 3.42. The molecule has 2 aromatic carbocycles. The van der Waals surface area contributed by atoms with Crippen LogP contribution in [-0.4, -0.2) is 18.6 Å². The van der Waals surface area contributed by atoms with Gasteiger partial charge in [0.25, 0.3) is 0 Å². The van der Waals surface area contributed by atoms with Gasteiger partial charge >= 0.3 is 12.0 Å². The van der Waals surface area contributed by atoms with Gasteiger partial charge in [-0.2, -0.15) is 0 Å². The summed E-state index contributed by atoms with van der Waals surface area (Å²) < 4.78 is 4.91. The molecule has 0 saturated carbocycles. The number of hydrogen-bond acceptors (Lipinski definition) is 3. The standard InChI is InChI=1S/C19H20N2O3/c1-3-24-18(22)16-8-10-17(11-9-16)21-19(23)20-13-12-15-7-5-4-6-14(15)2/h4-13H,3H2,1-2H3,(H2,20,21,23)/b13-12+. The Morgan fingerprint density at radius 2 is 1.79 bits per heavy atom. The van der Waals surface area contributed by atoms with Crippen LogP contribution in [0.4, 0.5) is 10.5 Å². The summed E-state index contributed by atoms with van der Waals surface area (Å²) in [4.78, 5) is 23.4. The molecule has 5 heteroatoms. The minimum Gasteiger partial charge on any atom is -0.462 e. The van der Waals surface area contributed by atoms with Crippen LogP contribution in [0.3, 0.4) is 0 Å². The van der Waals surface area contributed by atoms with Gasteiger partial charge in [0.1, 0.15) is 0 Å². The second-order valence-electron chi connectivity index (χ2n) is 5.09. The molecule has 124 valence electrons. The largest absolute Gasteiger partial charge is 0.462 e. The molecule has 0 aliphatic heterocycles. The first kappa shape index (κ1) is 17.3. The Kier molecular flexibility index (Phi) is 6.14. The Labute approximate surface area is 141 Å². The molecule has 0 aliphatic carbocycles. The normalized spacial score (nSPS) is 10.4. The second kappa shape index (κ2) is 8.53. The van der Waals surface area contributed by atoms with E-state index in [2.05, 4.69) is 10.6 Å². The number of amides is 2. The van der Waals surface area contributed by atoms with Crippen molar-refractivity contribution in [3.63, 3.8) is 0 Å². The molecule has 0 bridgehead atoms. The highest BCUT2D eigenvalue weighted by Gasteiger charge is 2.06. The zero-order chi connectivity index (χ0) is 17.4. The fourth-order valence-electron chi connectivity index (χ4n) is 2.05. The topological polar surface area (TPSA) is 67.4 Å². The third-order valence-corrected chi connectivity index (χ3v) is 3.32. The summed E-state index contributed by atoms with van der Waals surface area (Å²) in [5.41, 5.74) is 3.20. The molecular weight excluding hydrogens is 304 g/mol. The molecule has 0 aliphatic rings. The van der Waals surface area contributed by atoms with Crippen LogP contribution in [0.2, 0.25) is 0 Å². The van der Waals surface area contributed by atoms with E-state index in [0.29, 0.717) is 17.9 Å². The Hall–Kier alpha value is -3.08. The zero-order valence-electron chi connectivity index (χ0n) is 13.7. The van der Waals surface area contributed by atoms with E-state index < -0.39 is 0 Å². The van der Waals surface area contributed by atoms with E-state index in [1.54, 1.807) is 37.4 Å². The zero-order valence-corrected chi connectivity index (χ0v) is 13.7. The molecule has 24 heavy (non-hydrogen) atoms. The van der Waals surface area contributed by atoms with E-state index in [1.807, 2.05) is 37.3 Å². The molecule has 0 atom stereocenters. The molecule has 0 aromatic heterocycles. The predicted octanol–water partition coefficient (Wildman–Crippen LogP) is 3.96. The number of esters is 1. The Bertz CT molecular complexity index is 737. The molecule has 2 amide bonds. The second-order valence-corrected chi connectivity index (χ2v) is 5.09. The third-order valence-electron chi connectivity index (χ3n) is 3.32. The van der Waals surface area contributed by atoms with Crippen molar-refractivity contribution in [3.05, 3.63) is 71.4 Å². The lowest BCUT2D eigenvalue weighted by atomic mass is 10.1. The molecule has 5 nitrogen and oxygen atoms in total. The smallest absolute Gasteiger partial charge is 0.338 e. The summed E-state index contributed by atoms with van der Waals surface area (Å²) in [5, 5.41) is 5.33. The van der Waals surface area contributed by atoms with Crippen LogP contribution in [-0.2, 0) is 4.74 Å². The number of urea groups is 1. The summed E-state index contributed by atoms with van der Waals surface area (Å²) in [6.45, 7) is 4.09. The summed E-state index contributed by atoms with van der Waals surface area (Å²) >= 11 is 0. The van der Waals surface area contributed by atoms with Crippen molar-refractivity contribution in [2.45, 2.75) is 13.8 Å². The molecule has 2 rings (SSSR count). The number of carbonyl (C=O) groups excluding carboxylic acids is 2. The number of carbonyl (C=O) groups is 2. The lowest BCUT2D eigenvalue weighted by molar-refractivity contribution is 0.0526. The number of anilines is 1. The molecule has 2 N–H and O–H groups in total. The van der Waals surface area contributed by atoms with Crippen LogP contribution in [0.15, 0.2) is 54.7 Å². The van der Waals surface area contributed by atoms with Gasteiger partial charge in [0.15, 0.2) is 0 Å².